The molecule has 2 aromatic rings. The summed E-state index contributed by atoms with van der Waals surface area (Å²) in [6.07, 6.45) is 2.61. The zero-order valence-corrected chi connectivity index (χ0v) is 20.7. The first-order chi connectivity index (χ1) is 16.0. The Labute approximate surface area is 200 Å². The maximum atomic E-state index is 13.3. The van der Waals surface area contributed by atoms with E-state index in [2.05, 4.69) is 10.3 Å². The molecule has 1 aromatic carbocycles. The molecule has 0 spiro atoms. The molecule has 0 bridgehead atoms. The second-order valence-corrected chi connectivity index (χ2v) is 9.90. The van der Waals surface area contributed by atoms with Crippen LogP contribution in [-0.4, -0.2) is 63.5 Å². The number of carbonyl (C=O) groups is 3. The fraction of sp³-hybridized carbons (Fsp3) is 0.520. The highest BCUT2D eigenvalue weighted by Gasteiger charge is 2.42. The summed E-state index contributed by atoms with van der Waals surface area (Å²) in [5, 5.41) is 2.92. The Balaban J connectivity index is 1.72. The van der Waals surface area contributed by atoms with Gasteiger partial charge in [-0.1, -0.05) is 26.0 Å². The van der Waals surface area contributed by atoms with Crippen molar-refractivity contribution < 1.29 is 23.5 Å². The van der Waals surface area contributed by atoms with E-state index in [0.29, 0.717) is 12.4 Å². The van der Waals surface area contributed by atoms with Crippen molar-refractivity contribution in [3.05, 3.63) is 42.3 Å². The highest BCUT2D eigenvalue weighted by molar-refractivity contribution is 5.89. The number of hydrogen-bond donors (Lipinski definition) is 1. The van der Waals surface area contributed by atoms with E-state index in [9.17, 15) is 14.4 Å². The lowest BCUT2D eigenvalue weighted by Crippen LogP contribution is -2.65. The fourth-order valence-corrected chi connectivity index (χ4v) is 3.88. The number of amides is 3. The van der Waals surface area contributed by atoms with Gasteiger partial charge in [0, 0.05) is 30.6 Å². The first-order valence-corrected chi connectivity index (χ1v) is 11.5. The molecule has 3 amide bonds. The molecule has 2 heterocycles. The van der Waals surface area contributed by atoms with Gasteiger partial charge in [0.2, 0.25) is 17.7 Å². The molecule has 0 unspecified atom stereocenters. The lowest BCUT2D eigenvalue weighted by Gasteiger charge is -2.45. The number of hydrogen-bond acceptors (Lipinski definition) is 6. The van der Waals surface area contributed by atoms with Crippen LogP contribution in [0.25, 0.3) is 11.5 Å². The standard InChI is InChI=1S/C25H34N4O5/c1-16(2)23(31)29-17(3)14-28(24(32)34-25(4,5)6)15-20(29)21(30)27-13-18-7-9-19(10-8-18)22-26-11-12-33-22/h7-12,16-17,20H,13-15H2,1-6H3,(H,27,30)/t17-,20-/m1/s1. The van der Waals surface area contributed by atoms with Gasteiger partial charge in [-0.15, -0.1) is 0 Å². The lowest BCUT2D eigenvalue weighted by atomic mass is 10.0. The maximum absolute atomic E-state index is 13.3. The number of rotatable bonds is 5. The summed E-state index contributed by atoms with van der Waals surface area (Å²) in [5.41, 5.74) is 1.07. The zero-order chi connectivity index (χ0) is 25.0. The number of benzene rings is 1. The second-order valence-electron chi connectivity index (χ2n) is 9.90. The first-order valence-electron chi connectivity index (χ1n) is 11.5. The minimum atomic E-state index is -0.808. The van der Waals surface area contributed by atoms with E-state index in [0.717, 1.165) is 11.1 Å². The van der Waals surface area contributed by atoms with Gasteiger partial charge in [-0.2, -0.15) is 0 Å². The molecule has 1 fully saturated rings. The van der Waals surface area contributed by atoms with Crippen molar-refractivity contribution in [3.63, 3.8) is 0 Å². The predicted octanol–water partition coefficient (Wildman–Crippen LogP) is 3.45. The summed E-state index contributed by atoms with van der Waals surface area (Å²) < 4.78 is 10.8. The quantitative estimate of drug-likeness (QED) is 0.718. The van der Waals surface area contributed by atoms with E-state index in [1.54, 1.807) is 45.7 Å². The Bertz CT molecular complexity index is 995. The smallest absolute Gasteiger partial charge is 0.410 e. The number of carbonyl (C=O) groups excluding carboxylic acids is 3. The van der Waals surface area contributed by atoms with Crippen LogP contribution >= 0.6 is 0 Å². The number of nitrogens with zero attached hydrogens (tertiary/aromatic N) is 3. The van der Waals surface area contributed by atoms with Gasteiger partial charge in [0.15, 0.2) is 0 Å². The molecule has 1 aliphatic heterocycles. The third kappa shape index (κ3) is 6.15. The molecule has 1 aliphatic rings. The minimum absolute atomic E-state index is 0.0760. The van der Waals surface area contributed by atoms with Crippen molar-refractivity contribution >= 4 is 17.9 Å². The van der Waals surface area contributed by atoms with E-state index >= 15 is 0 Å². The predicted molar refractivity (Wildman–Crippen MR) is 127 cm³/mol. The van der Waals surface area contributed by atoms with Crippen LogP contribution in [0.15, 0.2) is 41.1 Å². The van der Waals surface area contributed by atoms with Crippen LogP contribution in [0.5, 0.6) is 0 Å². The Morgan fingerprint density at radius 3 is 2.41 bits per heavy atom. The van der Waals surface area contributed by atoms with Gasteiger partial charge >= 0.3 is 6.09 Å². The molecule has 2 atom stereocenters. The van der Waals surface area contributed by atoms with Crippen molar-refractivity contribution in [1.29, 1.82) is 0 Å². The first kappa shape index (κ1) is 25.3. The van der Waals surface area contributed by atoms with Crippen LogP contribution in [0, 0.1) is 5.92 Å². The van der Waals surface area contributed by atoms with Gasteiger partial charge in [0.05, 0.1) is 12.7 Å². The number of aromatic nitrogens is 1. The molecule has 0 saturated carbocycles. The van der Waals surface area contributed by atoms with Gasteiger partial charge < -0.3 is 24.3 Å². The highest BCUT2D eigenvalue weighted by atomic mass is 16.6. The summed E-state index contributed by atoms with van der Waals surface area (Å²) in [4.78, 5) is 46.1. The maximum Gasteiger partial charge on any atom is 0.410 e. The molecule has 3 rings (SSSR count). The number of nitrogens with one attached hydrogen (secondary N) is 1. The average Bonchev–Trinajstić information content (AvgIpc) is 3.30. The molecular weight excluding hydrogens is 436 g/mol. The van der Waals surface area contributed by atoms with Gasteiger partial charge in [0.1, 0.15) is 17.9 Å². The largest absolute Gasteiger partial charge is 0.445 e. The van der Waals surface area contributed by atoms with Crippen LogP contribution in [0.4, 0.5) is 4.79 Å². The number of oxazole rings is 1. The van der Waals surface area contributed by atoms with Crippen LogP contribution in [0.1, 0.15) is 47.1 Å². The van der Waals surface area contributed by atoms with Crippen molar-refractivity contribution in [2.75, 3.05) is 13.1 Å². The van der Waals surface area contributed by atoms with Crippen LogP contribution in [0.2, 0.25) is 0 Å². The summed E-state index contributed by atoms with van der Waals surface area (Å²) in [6.45, 7) is 11.5. The topological polar surface area (TPSA) is 105 Å². The minimum Gasteiger partial charge on any atom is -0.445 e. The molecule has 9 heteroatoms. The third-order valence-corrected chi connectivity index (χ3v) is 5.49. The van der Waals surface area contributed by atoms with Gasteiger partial charge in [0.25, 0.3) is 0 Å². The number of ether oxygens (including phenoxy) is 1. The van der Waals surface area contributed by atoms with Crippen LogP contribution in [-0.2, 0) is 20.9 Å². The molecule has 0 aliphatic carbocycles. The summed E-state index contributed by atoms with van der Waals surface area (Å²) in [7, 11) is 0. The Hall–Kier alpha value is -3.36. The fourth-order valence-electron chi connectivity index (χ4n) is 3.88. The zero-order valence-electron chi connectivity index (χ0n) is 20.7. The van der Waals surface area contributed by atoms with Gasteiger partial charge in [-0.05, 0) is 45.4 Å². The van der Waals surface area contributed by atoms with Crippen LogP contribution < -0.4 is 5.32 Å². The summed E-state index contributed by atoms with van der Waals surface area (Å²) in [6, 6.07) is 6.37. The summed E-state index contributed by atoms with van der Waals surface area (Å²) in [5.74, 6) is -0.178. The number of piperazine rings is 1. The third-order valence-electron chi connectivity index (χ3n) is 5.49. The highest BCUT2D eigenvalue weighted by Crippen LogP contribution is 2.22. The molecular formula is C25H34N4O5. The summed E-state index contributed by atoms with van der Waals surface area (Å²) >= 11 is 0. The molecule has 1 N–H and O–H groups in total. The molecule has 0 radical (unpaired) electrons. The monoisotopic (exact) mass is 470 g/mol. The van der Waals surface area contributed by atoms with E-state index in [1.807, 2.05) is 31.2 Å². The normalized spacial score (nSPS) is 18.7. The van der Waals surface area contributed by atoms with Gasteiger partial charge in [-0.25, -0.2) is 9.78 Å². The lowest BCUT2D eigenvalue weighted by molar-refractivity contribution is -0.149. The molecule has 34 heavy (non-hydrogen) atoms. The second kappa shape index (κ2) is 10.3. The van der Waals surface area contributed by atoms with Crippen molar-refractivity contribution in [1.82, 2.24) is 20.1 Å². The Morgan fingerprint density at radius 2 is 1.85 bits per heavy atom. The Kier molecular flexibility index (Phi) is 7.64. The molecule has 1 saturated heterocycles. The van der Waals surface area contributed by atoms with Crippen molar-refractivity contribution in [3.8, 4) is 11.5 Å². The van der Waals surface area contributed by atoms with E-state index in [4.69, 9.17) is 9.15 Å². The molecule has 9 nitrogen and oxygen atoms in total. The van der Waals surface area contributed by atoms with Crippen LogP contribution in [0.3, 0.4) is 0 Å². The molecule has 1 aromatic heterocycles. The van der Waals surface area contributed by atoms with Crippen molar-refractivity contribution in [2.45, 2.75) is 65.8 Å². The Morgan fingerprint density at radius 1 is 1.18 bits per heavy atom. The SMILES string of the molecule is CC(C)C(=O)N1[C@H](C)CN(C(=O)OC(C)(C)C)C[C@@H]1C(=O)NCc1ccc(-c2ncco2)cc1. The van der Waals surface area contributed by atoms with E-state index in [1.165, 1.54) is 11.2 Å². The molecule has 184 valence electrons. The van der Waals surface area contributed by atoms with E-state index in [-0.39, 0.29) is 36.9 Å². The van der Waals surface area contributed by atoms with Crippen molar-refractivity contribution in [2.24, 2.45) is 5.92 Å². The average molecular weight is 471 g/mol. The van der Waals surface area contributed by atoms with Gasteiger partial charge in [-0.3, -0.25) is 9.59 Å². The van der Waals surface area contributed by atoms with E-state index < -0.39 is 17.7 Å².